The van der Waals surface area contributed by atoms with Crippen LogP contribution in [0.25, 0.3) is 0 Å². The van der Waals surface area contributed by atoms with Crippen molar-refractivity contribution in [3.63, 3.8) is 0 Å². The Kier molecular flexibility index (Phi) is 7.46. The first-order valence-electron chi connectivity index (χ1n) is 8.86. The molecular weight excluding hydrogens is 458 g/mol. The van der Waals surface area contributed by atoms with Gasteiger partial charge in [0.1, 0.15) is 0 Å². The van der Waals surface area contributed by atoms with Crippen molar-refractivity contribution in [2.75, 3.05) is 23.5 Å². The predicted molar refractivity (Wildman–Crippen MR) is 118 cm³/mol. The number of non-ortho nitro benzene ring substituents is 1. The second-order valence-corrected chi connectivity index (χ2v) is 8.24. The summed E-state index contributed by atoms with van der Waals surface area (Å²) in [5.41, 5.74) is 0.803. The highest BCUT2D eigenvalue weighted by Crippen LogP contribution is 2.26. The number of amides is 2. The maximum absolute atomic E-state index is 12.3. The Hall–Kier alpha value is -3.84. The zero-order valence-corrected chi connectivity index (χ0v) is 18.1. The highest BCUT2D eigenvalue weighted by Gasteiger charge is 2.15. The van der Waals surface area contributed by atoms with Crippen molar-refractivity contribution in [2.24, 2.45) is 0 Å². The van der Waals surface area contributed by atoms with Gasteiger partial charge in [-0.25, -0.2) is 4.79 Å². The van der Waals surface area contributed by atoms with Crippen LogP contribution in [0.4, 0.5) is 16.5 Å². The fourth-order valence-electron chi connectivity index (χ4n) is 2.38. The molecule has 0 radical (unpaired) electrons. The first kappa shape index (κ1) is 22.8. The number of hydrogen-bond acceptors (Lipinski definition) is 10. The number of esters is 1. The second-order valence-electron chi connectivity index (χ2n) is 6.04. The smallest absolute Gasteiger partial charge is 0.337 e. The van der Waals surface area contributed by atoms with E-state index < -0.39 is 16.8 Å². The van der Waals surface area contributed by atoms with Gasteiger partial charge in [-0.15, -0.1) is 10.2 Å². The van der Waals surface area contributed by atoms with Gasteiger partial charge in [-0.1, -0.05) is 29.2 Å². The van der Waals surface area contributed by atoms with E-state index >= 15 is 0 Å². The summed E-state index contributed by atoms with van der Waals surface area (Å²) in [6.07, 6.45) is 0. The molecular formula is C19H15N5O6S2. The summed E-state index contributed by atoms with van der Waals surface area (Å²) in [5.74, 6) is -1.28. The lowest BCUT2D eigenvalue weighted by Gasteiger charge is -2.05. The van der Waals surface area contributed by atoms with Crippen molar-refractivity contribution < 1.29 is 24.0 Å². The normalized spacial score (nSPS) is 10.3. The number of nitrogens with one attached hydrogen (secondary N) is 2. The Bertz CT molecular complexity index is 1170. The van der Waals surface area contributed by atoms with E-state index in [-0.39, 0.29) is 28.0 Å². The summed E-state index contributed by atoms with van der Waals surface area (Å²) >= 11 is 2.19. The molecule has 0 aliphatic rings. The van der Waals surface area contributed by atoms with E-state index in [4.69, 9.17) is 0 Å². The molecule has 0 saturated heterocycles. The minimum absolute atomic E-state index is 0.0478. The molecule has 0 unspecified atom stereocenters. The lowest BCUT2D eigenvalue weighted by Crippen LogP contribution is -2.14. The number of benzene rings is 2. The molecule has 1 aromatic heterocycles. The van der Waals surface area contributed by atoms with Crippen LogP contribution in [0.15, 0.2) is 52.9 Å². The van der Waals surface area contributed by atoms with E-state index in [1.54, 1.807) is 12.1 Å². The van der Waals surface area contributed by atoms with E-state index in [9.17, 15) is 24.5 Å². The van der Waals surface area contributed by atoms with Crippen LogP contribution in [0.5, 0.6) is 0 Å². The number of nitrogens with zero attached hydrogens (tertiary/aromatic N) is 3. The molecule has 13 heteroatoms. The van der Waals surface area contributed by atoms with Gasteiger partial charge in [0.05, 0.1) is 23.3 Å². The molecule has 0 aliphatic heterocycles. The van der Waals surface area contributed by atoms with Gasteiger partial charge in [-0.3, -0.25) is 25.0 Å². The summed E-state index contributed by atoms with van der Waals surface area (Å²) in [4.78, 5) is 46.0. The van der Waals surface area contributed by atoms with Crippen LogP contribution in [0.1, 0.15) is 20.7 Å². The number of methoxy groups -OCH3 is 1. The topological polar surface area (TPSA) is 153 Å². The van der Waals surface area contributed by atoms with E-state index in [2.05, 4.69) is 25.6 Å². The number of rotatable bonds is 8. The Labute approximate surface area is 189 Å². The van der Waals surface area contributed by atoms with Gasteiger partial charge in [0.15, 0.2) is 4.34 Å². The molecule has 0 saturated carbocycles. The zero-order chi connectivity index (χ0) is 23.1. The second kappa shape index (κ2) is 10.5. The van der Waals surface area contributed by atoms with Crippen LogP contribution < -0.4 is 10.6 Å². The third-order valence-electron chi connectivity index (χ3n) is 3.86. The summed E-state index contributed by atoms with van der Waals surface area (Å²) in [6.45, 7) is 0. The molecule has 0 aliphatic carbocycles. The van der Waals surface area contributed by atoms with Gasteiger partial charge in [-0.05, 0) is 30.3 Å². The lowest BCUT2D eigenvalue weighted by molar-refractivity contribution is -0.384. The number of carbonyl (C=O) groups excluding carboxylic acids is 3. The third-order valence-corrected chi connectivity index (χ3v) is 5.83. The molecule has 164 valence electrons. The SMILES string of the molecule is COC(=O)c1ccc(NC(=O)CSc2nnc(NC(=O)c3cccc([N+](=O)[O-])c3)s2)cc1. The number of nitro benzene ring substituents is 1. The molecule has 0 bridgehead atoms. The Morgan fingerprint density at radius 1 is 1.09 bits per heavy atom. The monoisotopic (exact) mass is 473 g/mol. The van der Waals surface area contributed by atoms with Gasteiger partial charge < -0.3 is 10.1 Å². The van der Waals surface area contributed by atoms with E-state index in [1.807, 2.05) is 0 Å². The average Bonchev–Trinajstić information content (AvgIpc) is 3.25. The first-order valence-corrected chi connectivity index (χ1v) is 10.7. The average molecular weight is 473 g/mol. The fourth-order valence-corrected chi connectivity index (χ4v) is 3.93. The molecule has 3 aromatic rings. The van der Waals surface area contributed by atoms with Crippen molar-refractivity contribution in [3.8, 4) is 0 Å². The Balaban J connectivity index is 1.51. The number of nitro groups is 1. The molecule has 11 nitrogen and oxygen atoms in total. The van der Waals surface area contributed by atoms with Crippen LogP contribution in [0.3, 0.4) is 0 Å². The highest BCUT2D eigenvalue weighted by molar-refractivity contribution is 8.01. The number of anilines is 2. The quantitative estimate of drug-likeness (QED) is 0.165. The summed E-state index contributed by atoms with van der Waals surface area (Å²) in [6, 6.07) is 11.5. The van der Waals surface area contributed by atoms with Crippen molar-refractivity contribution in [1.29, 1.82) is 0 Å². The third kappa shape index (κ3) is 6.09. The van der Waals surface area contributed by atoms with Gasteiger partial charge in [0, 0.05) is 23.4 Å². The first-order chi connectivity index (χ1) is 15.4. The van der Waals surface area contributed by atoms with E-state index in [0.717, 1.165) is 29.2 Å². The molecule has 2 aromatic carbocycles. The molecule has 0 fully saturated rings. The maximum Gasteiger partial charge on any atom is 0.337 e. The van der Waals surface area contributed by atoms with Gasteiger partial charge >= 0.3 is 5.97 Å². The molecule has 2 N–H and O–H groups in total. The van der Waals surface area contributed by atoms with Gasteiger partial charge in [-0.2, -0.15) is 0 Å². The van der Waals surface area contributed by atoms with Crippen molar-refractivity contribution in [1.82, 2.24) is 10.2 Å². The predicted octanol–water partition coefficient (Wildman–Crippen LogP) is 3.22. The van der Waals surface area contributed by atoms with E-state index in [0.29, 0.717) is 15.6 Å². The van der Waals surface area contributed by atoms with Crippen LogP contribution in [-0.4, -0.2) is 45.8 Å². The van der Waals surface area contributed by atoms with E-state index in [1.165, 1.54) is 37.4 Å². The molecule has 0 spiro atoms. The Morgan fingerprint density at radius 2 is 1.84 bits per heavy atom. The minimum atomic E-state index is -0.588. The minimum Gasteiger partial charge on any atom is -0.465 e. The van der Waals surface area contributed by atoms with Crippen molar-refractivity contribution >= 4 is 57.4 Å². The number of aromatic nitrogens is 2. The molecule has 0 atom stereocenters. The number of carbonyl (C=O) groups is 3. The summed E-state index contributed by atoms with van der Waals surface area (Å²) < 4.78 is 5.07. The molecule has 3 rings (SSSR count). The number of ether oxygens (including phenoxy) is 1. The van der Waals surface area contributed by atoms with Crippen LogP contribution in [0, 0.1) is 10.1 Å². The standard InChI is InChI=1S/C19H15N5O6S2/c1-30-17(27)11-5-7-13(8-6-11)20-15(25)10-31-19-23-22-18(32-19)21-16(26)12-3-2-4-14(9-12)24(28)29/h2-9H,10H2,1H3,(H,20,25)(H,21,22,26). The highest BCUT2D eigenvalue weighted by atomic mass is 32.2. The van der Waals surface area contributed by atoms with Gasteiger partial charge in [0.25, 0.3) is 11.6 Å². The fraction of sp³-hybridized carbons (Fsp3) is 0.105. The van der Waals surface area contributed by atoms with Crippen molar-refractivity contribution in [3.05, 3.63) is 69.8 Å². The van der Waals surface area contributed by atoms with Gasteiger partial charge in [0.2, 0.25) is 11.0 Å². The number of thioether (sulfide) groups is 1. The maximum atomic E-state index is 12.3. The number of hydrogen-bond donors (Lipinski definition) is 2. The zero-order valence-electron chi connectivity index (χ0n) is 16.4. The molecule has 2 amide bonds. The largest absolute Gasteiger partial charge is 0.465 e. The van der Waals surface area contributed by atoms with Crippen molar-refractivity contribution in [2.45, 2.75) is 4.34 Å². The van der Waals surface area contributed by atoms with Crippen LogP contribution >= 0.6 is 23.1 Å². The molecule has 32 heavy (non-hydrogen) atoms. The van der Waals surface area contributed by atoms with Crippen LogP contribution in [0.2, 0.25) is 0 Å². The van der Waals surface area contributed by atoms with Crippen LogP contribution in [-0.2, 0) is 9.53 Å². The molecule has 1 heterocycles. The Morgan fingerprint density at radius 3 is 2.53 bits per heavy atom. The lowest BCUT2D eigenvalue weighted by atomic mass is 10.2. The summed E-state index contributed by atoms with van der Waals surface area (Å²) in [7, 11) is 1.29. The summed E-state index contributed by atoms with van der Waals surface area (Å²) in [5, 5.41) is 24.0.